The summed E-state index contributed by atoms with van der Waals surface area (Å²) in [6.45, 7) is 7.87. The molecule has 3 N–H and O–H groups in total. The van der Waals surface area contributed by atoms with Gasteiger partial charge in [0.2, 0.25) is 5.91 Å². The zero-order chi connectivity index (χ0) is 24.9. The van der Waals surface area contributed by atoms with Crippen molar-refractivity contribution in [3.63, 3.8) is 0 Å². The summed E-state index contributed by atoms with van der Waals surface area (Å²) in [5.41, 5.74) is 5.61. The molecule has 1 aliphatic heterocycles. The quantitative estimate of drug-likeness (QED) is 0.511. The van der Waals surface area contributed by atoms with Gasteiger partial charge in [-0.1, -0.05) is 30.3 Å². The molecular formula is C24H33BN4O5. The molecule has 182 valence electrons. The Morgan fingerprint density at radius 1 is 1.09 bits per heavy atom. The minimum Gasteiger partial charge on any atom is -0.402 e. The summed E-state index contributed by atoms with van der Waals surface area (Å²) in [7, 11) is 0.820. The number of aromatic nitrogens is 2. The maximum atomic E-state index is 13.5. The van der Waals surface area contributed by atoms with Crippen LogP contribution in [0.4, 0.5) is 0 Å². The molecule has 1 aliphatic rings. The molecule has 0 spiro atoms. The fourth-order valence-corrected chi connectivity index (χ4v) is 3.82. The van der Waals surface area contributed by atoms with E-state index in [1.807, 2.05) is 58.0 Å². The normalized spacial score (nSPS) is 18.3. The predicted octanol–water partition coefficient (Wildman–Crippen LogP) is 2.05. The molecule has 0 saturated carbocycles. The molecule has 0 bridgehead atoms. The van der Waals surface area contributed by atoms with Crippen LogP contribution in [0.25, 0.3) is 0 Å². The van der Waals surface area contributed by atoms with Gasteiger partial charge in [-0.05, 0) is 46.1 Å². The molecule has 10 heteroatoms. The van der Waals surface area contributed by atoms with Crippen LogP contribution in [0.3, 0.4) is 0 Å². The lowest BCUT2D eigenvalue weighted by Gasteiger charge is -2.32. The van der Waals surface area contributed by atoms with E-state index in [-0.39, 0.29) is 23.9 Å². The van der Waals surface area contributed by atoms with E-state index in [1.54, 1.807) is 0 Å². The monoisotopic (exact) mass is 468 g/mol. The van der Waals surface area contributed by atoms with Crippen molar-refractivity contribution in [3.05, 3.63) is 59.7 Å². The molecule has 0 unspecified atom stereocenters. The van der Waals surface area contributed by atoms with Crippen LogP contribution in [0.15, 0.2) is 42.7 Å². The highest BCUT2D eigenvalue weighted by Gasteiger charge is 2.54. The van der Waals surface area contributed by atoms with Gasteiger partial charge in [0.25, 0.3) is 5.91 Å². The van der Waals surface area contributed by atoms with Gasteiger partial charge in [-0.25, -0.2) is 4.98 Å². The highest BCUT2D eigenvalue weighted by atomic mass is 16.7. The van der Waals surface area contributed by atoms with Crippen molar-refractivity contribution in [2.24, 2.45) is 5.73 Å². The van der Waals surface area contributed by atoms with E-state index in [0.717, 1.165) is 5.56 Å². The minimum absolute atomic E-state index is 0.000418. The Kier molecular flexibility index (Phi) is 8.07. The van der Waals surface area contributed by atoms with Gasteiger partial charge in [-0.3, -0.25) is 14.6 Å². The second-order valence-corrected chi connectivity index (χ2v) is 9.43. The predicted molar refractivity (Wildman–Crippen MR) is 128 cm³/mol. The number of primary amides is 1. The molecule has 34 heavy (non-hydrogen) atoms. The highest BCUT2D eigenvalue weighted by Crippen LogP contribution is 2.38. The minimum atomic E-state index is -0.886. The summed E-state index contributed by atoms with van der Waals surface area (Å²) in [5, 5.41) is 3.07. The standard InChI is InChI=1S/C24H33BN4O5/c1-23(2)24(3,4)34-25(33-23)18(12-11-16-9-7-6-8-10-16)29-22(31)17(15-32-5)19-20(21(26)30)28-14-13-27-19/h6-10,13-14,17-18H,11-12,15H2,1-5H3,(H2,26,30)(H,29,31)/t17-,18-/m0/s1. The Morgan fingerprint density at radius 2 is 1.71 bits per heavy atom. The van der Waals surface area contributed by atoms with Crippen LogP contribution in [0.2, 0.25) is 0 Å². The number of benzene rings is 1. The average Bonchev–Trinajstić information content (AvgIpc) is 3.02. The van der Waals surface area contributed by atoms with Crippen LogP contribution >= 0.6 is 0 Å². The average molecular weight is 468 g/mol. The Balaban J connectivity index is 1.86. The maximum absolute atomic E-state index is 13.5. The number of hydrogen-bond donors (Lipinski definition) is 2. The van der Waals surface area contributed by atoms with Gasteiger partial charge < -0.3 is 25.1 Å². The molecule has 9 nitrogen and oxygen atoms in total. The second kappa shape index (κ2) is 10.6. The Morgan fingerprint density at radius 3 is 2.29 bits per heavy atom. The highest BCUT2D eigenvalue weighted by molar-refractivity contribution is 6.48. The third kappa shape index (κ3) is 5.81. The number of carbonyl (C=O) groups is 2. The molecule has 0 aliphatic carbocycles. The van der Waals surface area contributed by atoms with E-state index < -0.39 is 36.1 Å². The van der Waals surface area contributed by atoms with Crippen LogP contribution < -0.4 is 11.1 Å². The lowest BCUT2D eigenvalue weighted by Crippen LogP contribution is -2.50. The zero-order valence-electron chi connectivity index (χ0n) is 20.4. The van der Waals surface area contributed by atoms with E-state index in [1.165, 1.54) is 19.5 Å². The van der Waals surface area contributed by atoms with Crippen LogP contribution in [0.1, 0.15) is 61.8 Å². The molecule has 2 heterocycles. The number of ether oxygens (including phenoxy) is 1. The summed E-state index contributed by atoms with van der Waals surface area (Å²) in [4.78, 5) is 33.6. The number of nitrogens with two attached hydrogens (primary N) is 1. The molecule has 2 aromatic rings. The first kappa shape index (κ1) is 25.8. The first-order chi connectivity index (χ1) is 16.1. The number of rotatable bonds is 10. The SMILES string of the molecule is COC[C@H](C(=O)N[C@@H](CCc1ccccc1)B1OC(C)(C)C(C)(C)O1)c1nccnc1C(N)=O. The van der Waals surface area contributed by atoms with Crippen molar-refractivity contribution in [1.82, 2.24) is 15.3 Å². The Labute approximate surface area is 200 Å². The van der Waals surface area contributed by atoms with E-state index >= 15 is 0 Å². The van der Waals surface area contributed by atoms with Crippen LogP contribution in [-0.2, 0) is 25.3 Å². The van der Waals surface area contributed by atoms with Crippen molar-refractivity contribution in [2.45, 2.75) is 63.6 Å². The lowest BCUT2D eigenvalue weighted by atomic mass is 9.74. The topological polar surface area (TPSA) is 126 Å². The van der Waals surface area contributed by atoms with Gasteiger partial charge in [0.15, 0.2) is 0 Å². The summed E-state index contributed by atoms with van der Waals surface area (Å²) < 4.78 is 17.8. The van der Waals surface area contributed by atoms with E-state index in [2.05, 4.69) is 15.3 Å². The summed E-state index contributed by atoms with van der Waals surface area (Å²) in [5.74, 6) is -2.48. The first-order valence-corrected chi connectivity index (χ1v) is 11.4. The number of carbonyl (C=O) groups excluding carboxylic acids is 2. The maximum Gasteiger partial charge on any atom is 0.481 e. The summed E-state index contributed by atoms with van der Waals surface area (Å²) in [6, 6.07) is 9.99. The largest absolute Gasteiger partial charge is 0.481 e. The van der Waals surface area contributed by atoms with E-state index in [0.29, 0.717) is 12.8 Å². The van der Waals surface area contributed by atoms with Gasteiger partial charge in [0.1, 0.15) is 11.6 Å². The van der Waals surface area contributed by atoms with Crippen molar-refractivity contribution < 1.29 is 23.6 Å². The smallest absolute Gasteiger partial charge is 0.402 e. The van der Waals surface area contributed by atoms with Crippen LogP contribution in [0, 0.1) is 0 Å². The molecular weight excluding hydrogens is 435 g/mol. The first-order valence-electron chi connectivity index (χ1n) is 11.4. The number of amides is 2. The van der Waals surface area contributed by atoms with Crippen molar-refractivity contribution in [2.75, 3.05) is 13.7 Å². The molecule has 3 rings (SSSR count). The molecule has 1 saturated heterocycles. The van der Waals surface area contributed by atoms with Crippen LogP contribution in [-0.4, -0.2) is 59.8 Å². The number of hydrogen-bond acceptors (Lipinski definition) is 7. The second-order valence-electron chi connectivity index (χ2n) is 9.43. The van der Waals surface area contributed by atoms with Crippen molar-refractivity contribution in [1.29, 1.82) is 0 Å². The fourth-order valence-electron chi connectivity index (χ4n) is 3.82. The van der Waals surface area contributed by atoms with Gasteiger partial charge in [0.05, 0.1) is 29.4 Å². The van der Waals surface area contributed by atoms with Gasteiger partial charge in [0, 0.05) is 19.5 Å². The fraction of sp³-hybridized carbons (Fsp3) is 0.500. The molecule has 1 aromatic carbocycles. The molecule has 2 atom stereocenters. The van der Waals surface area contributed by atoms with Gasteiger partial charge in [-0.15, -0.1) is 0 Å². The zero-order valence-corrected chi connectivity index (χ0v) is 20.4. The van der Waals surface area contributed by atoms with Crippen molar-refractivity contribution in [3.8, 4) is 0 Å². The third-order valence-electron chi connectivity index (χ3n) is 6.45. The lowest BCUT2D eigenvalue weighted by molar-refractivity contribution is -0.124. The third-order valence-corrected chi connectivity index (χ3v) is 6.45. The van der Waals surface area contributed by atoms with Gasteiger partial charge in [-0.2, -0.15) is 0 Å². The molecule has 1 aromatic heterocycles. The molecule has 0 radical (unpaired) electrons. The number of methoxy groups -OCH3 is 1. The number of nitrogens with zero attached hydrogens (tertiary/aromatic N) is 2. The Hall–Kier alpha value is -2.82. The van der Waals surface area contributed by atoms with Gasteiger partial charge >= 0.3 is 7.12 Å². The van der Waals surface area contributed by atoms with E-state index in [9.17, 15) is 9.59 Å². The molecule has 2 amide bonds. The van der Waals surface area contributed by atoms with E-state index in [4.69, 9.17) is 19.8 Å². The Bertz CT molecular complexity index is 986. The number of nitrogens with one attached hydrogen (secondary N) is 1. The van der Waals surface area contributed by atoms with Crippen LogP contribution in [0.5, 0.6) is 0 Å². The summed E-state index contributed by atoms with van der Waals surface area (Å²) in [6.07, 6.45) is 4.06. The summed E-state index contributed by atoms with van der Waals surface area (Å²) >= 11 is 0. The number of aryl methyl sites for hydroxylation is 1. The molecule has 1 fully saturated rings. The van der Waals surface area contributed by atoms with Crippen molar-refractivity contribution >= 4 is 18.9 Å².